The van der Waals surface area contributed by atoms with Crippen molar-refractivity contribution in [2.45, 2.75) is 19.4 Å². The largest absolute Gasteiger partial charge is 0.339 e. The highest BCUT2D eigenvalue weighted by molar-refractivity contribution is 7.20. The van der Waals surface area contributed by atoms with Gasteiger partial charge in [-0.15, -0.1) is 5.10 Å². The lowest BCUT2D eigenvalue weighted by Gasteiger charge is -2.24. The molecule has 3 heterocycles. The van der Waals surface area contributed by atoms with Crippen LogP contribution in [0.15, 0.2) is 41.3 Å². The van der Waals surface area contributed by atoms with E-state index in [2.05, 4.69) is 21.9 Å². The Hall–Kier alpha value is -2.28. The maximum Gasteiger partial charge on any atom is 0.275 e. The van der Waals surface area contributed by atoms with Crippen molar-refractivity contribution in [2.75, 3.05) is 11.4 Å². The van der Waals surface area contributed by atoms with Crippen LogP contribution < -0.4 is 10.5 Å². The summed E-state index contributed by atoms with van der Waals surface area (Å²) in [5.74, 6) is 0.226. The average Bonchev–Trinajstić information content (AvgIpc) is 3.12. The second-order valence-electron chi connectivity index (χ2n) is 5.89. The average molecular weight is 330 g/mol. The molecule has 0 spiro atoms. The molecule has 0 radical (unpaired) electrons. The van der Waals surface area contributed by atoms with Crippen LogP contribution in [0, 0.1) is 11.7 Å². The van der Waals surface area contributed by atoms with Crippen molar-refractivity contribution >= 4 is 21.4 Å². The highest BCUT2D eigenvalue weighted by Gasteiger charge is 2.34. The number of anilines is 1. The first-order valence-corrected chi connectivity index (χ1v) is 8.31. The topological polar surface area (TPSA) is 50.5 Å². The lowest BCUT2D eigenvalue weighted by Crippen LogP contribution is -2.24. The minimum absolute atomic E-state index is 0.0672. The van der Waals surface area contributed by atoms with Crippen LogP contribution in [0.3, 0.4) is 0 Å². The molecule has 0 amide bonds. The lowest BCUT2D eigenvalue weighted by atomic mass is 10.0. The fourth-order valence-electron chi connectivity index (χ4n) is 3.15. The summed E-state index contributed by atoms with van der Waals surface area (Å²) in [7, 11) is 0. The fourth-order valence-corrected chi connectivity index (χ4v) is 4.08. The molecule has 3 aromatic rings. The number of nitrogens with zero attached hydrogens (tertiary/aromatic N) is 4. The zero-order valence-electron chi connectivity index (χ0n) is 12.5. The van der Waals surface area contributed by atoms with Crippen LogP contribution in [0.2, 0.25) is 0 Å². The molecule has 5 nitrogen and oxygen atoms in total. The van der Waals surface area contributed by atoms with Crippen molar-refractivity contribution in [3.8, 4) is 0 Å². The Kier molecular flexibility index (Phi) is 3.37. The van der Waals surface area contributed by atoms with Gasteiger partial charge in [-0.1, -0.05) is 36.5 Å². The lowest BCUT2D eigenvalue weighted by molar-refractivity contribution is 0.563. The molecule has 1 saturated heterocycles. The summed E-state index contributed by atoms with van der Waals surface area (Å²) in [5, 5.41) is 5.10. The third-order valence-electron chi connectivity index (χ3n) is 4.18. The van der Waals surface area contributed by atoms with E-state index < -0.39 is 0 Å². The Labute approximate surface area is 136 Å². The summed E-state index contributed by atoms with van der Waals surface area (Å²) in [6.07, 6.45) is 2.35. The van der Waals surface area contributed by atoms with Gasteiger partial charge in [0.25, 0.3) is 5.56 Å². The second kappa shape index (κ2) is 5.42. The van der Waals surface area contributed by atoms with E-state index in [4.69, 9.17) is 0 Å². The minimum Gasteiger partial charge on any atom is -0.339 e. The van der Waals surface area contributed by atoms with Crippen molar-refractivity contribution < 1.29 is 4.39 Å². The van der Waals surface area contributed by atoms with Gasteiger partial charge in [-0.25, -0.2) is 9.37 Å². The summed E-state index contributed by atoms with van der Waals surface area (Å²) in [4.78, 5) is 18.7. The summed E-state index contributed by atoms with van der Waals surface area (Å²) in [5.41, 5.74) is 0.476. The van der Waals surface area contributed by atoms with Crippen molar-refractivity contribution in [3.63, 3.8) is 0 Å². The van der Waals surface area contributed by atoms with Crippen LogP contribution in [0.1, 0.15) is 24.9 Å². The van der Waals surface area contributed by atoms with Gasteiger partial charge >= 0.3 is 0 Å². The van der Waals surface area contributed by atoms with Crippen LogP contribution in [0.25, 0.3) is 4.96 Å². The Bertz CT molecular complexity index is 922. The highest BCUT2D eigenvalue weighted by Crippen LogP contribution is 2.40. The van der Waals surface area contributed by atoms with Gasteiger partial charge in [-0.3, -0.25) is 4.79 Å². The third kappa shape index (κ3) is 2.41. The number of benzene rings is 1. The van der Waals surface area contributed by atoms with Crippen LogP contribution in [-0.2, 0) is 0 Å². The first-order valence-electron chi connectivity index (χ1n) is 7.49. The van der Waals surface area contributed by atoms with Crippen LogP contribution in [-0.4, -0.2) is 21.1 Å². The molecule has 0 saturated carbocycles. The number of aromatic nitrogens is 3. The molecule has 4 rings (SSSR count). The van der Waals surface area contributed by atoms with Crippen molar-refractivity contribution in [1.29, 1.82) is 0 Å². The van der Waals surface area contributed by atoms with E-state index in [1.165, 1.54) is 34.2 Å². The minimum atomic E-state index is -0.202. The van der Waals surface area contributed by atoms with Crippen LogP contribution in [0.4, 0.5) is 9.52 Å². The van der Waals surface area contributed by atoms with E-state index in [9.17, 15) is 9.18 Å². The maximum absolute atomic E-state index is 14.2. The van der Waals surface area contributed by atoms with Gasteiger partial charge in [0, 0.05) is 24.4 Å². The number of halogens is 1. The molecular formula is C16H15FN4OS. The Morgan fingerprint density at radius 3 is 2.91 bits per heavy atom. The summed E-state index contributed by atoms with van der Waals surface area (Å²) >= 11 is 1.36. The predicted octanol–water partition coefficient (Wildman–Crippen LogP) is 2.88. The molecule has 0 aliphatic carbocycles. The SMILES string of the molecule is CC1CC(c2ccccc2F)N(c2nn3c(=O)ccnc3s2)C1. The molecule has 0 N–H and O–H groups in total. The Balaban J connectivity index is 1.80. The highest BCUT2D eigenvalue weighted by atomic mass is 32.1. The molecule has 1 aliphatic heterocycles. The van der Waals surface area contributed by atoms with Crippen LogP contribution in [0.5, 0.6) is 0 Å². The third-order valence-corrected chi connectivity index (χ3v) is 5.14. The molecule has 2 unspecified atom stereocenters. The first kappa shape index (κ1) is 14.3. The van der Waals surface area contributed by atoms with Gasteiger partial charge < -0.3 is 4.90 Å². The monoisotopic (exact) mass is 330 g/mol. The zero-order valence-corrected chi connectivity index (χ0v) is 13.3. The van der Waals surface area contributed by atoms with Crippen molar-refractivity contribution in [2.24, 2.45) is 5.92 Å². The maximum atomic E-state index is 14.2. The number of rotatable bonds is 2. The predicted molar refractivity (Wildman–Crippen MR) is 87.4 cm³/mol. The van der Waals surface area contributed by atoms with Gasteiger partial charge in [0.2, 0.25) is 10.1 Å². The molecule has 2 aromatic heterocycles. The number of fused-ring (bicyclic) bond motifs is 1. The number of hydrogen-bond acceptors (Lipinski definition) is 5. The molecule has 1 aromatic carbocycles. The van der Waals surface area contributed by atoms with E-state index >= 15 is 0 Å². The summed E-state index contributed by atoms with van der Waals surface area (Å²) in [6, 6.07) is 8.18. The molecule has 23 heavy (non-hydrogen) atoms. The van der Waals surface area contributed by atoms with Gasteiger partial charge in [-0.05, 0) is 18.4 Å². The molecule has 1 aliphatic rings. The molecular weight excluding hydrogens is 315 g/mol. The van der Waals surface area contributed by atoms with Gasteiger partial charge in [0.1, 0.15) is 5.82 Å². The molecule has 118 valence electrons. The second-order valence-corrected chi connectivity index (χ2v) is 6.83. The standard InChI is InChI=1S/C16H15FN4OS/c1-10-8-13(11-4-2-3-5-12(11)17)20(9-10)16-19-21-14(22)6-7-18-15(21)23-16/h2-7,10,13H,8-9H2,1H3. The van der Waals surface area contributed by atoms with E-state index in [1.54, 1.807) is 6.07 Å². The quantitative estimate of drug-likeness (QED) is 0.725. The van der Waals surface area contributed by atoms with E-state index in [-0.39, 0.29) is 17.4 Å². The fraction of sp³-hybridized carbons (Fsp3) is 0.312. The van der Waals surface area contributed by atoms with E-state index in [0.29, 0.717) is 21.6 Å². The normalized spacial score (nSPS) is 21.2. The smallest absolute Gasteiger partial charge is 0.275 e. The Morgan fingerprint density at radius 1 is 1.30 bits per heavy atom. The van der Waals surface area contributed by atoms with Gasteiger partial charge in [0.15, 0.2) is 0 Å². The van der Waals surface area contributed by atoms with Crippen molar-refractivity contribution in [1.82, 2.24) is 14.6 Å². The van der Waals surface area contributed by atoms with E-state index in [1.807, 2.05) is 12.1 Å². The van der Waals surface area contributed by atoms with E-state index in [0.717, 1.165) is 13.0 Å². The molecule has 0 bridgehead atoms. The van der Waals surface area contributed by atoms with Crippen molar-refractivity contribution in [3.05, 3.63) is 58.3 Å². The molecule has 1 fully saturated rings. The summed E-state index contributed by atoms with van der Waals surface area (Å²) in [6.45, 7) is 2.93. The summed E-state index contributed by atoms with van der Waals surface area (Å²) < 4.78 is 15.5. The zero-order chi connectivity index (χ0) is 16.0. The van der Waals surface area contributed by atoms with Gasteiger partial charge in [0.05, 0.1) is 6.04 Å². The molecule has 7 heteroatoms. The Morgan fingerprint density at radius 2 is 2.13 bits per heavy atom. The van der Waals surface area contributed by atoms with Crippen LogP contribution >= 0.6 is 11.3 Å². The first-order chi connectivity index (χ1) is 11.1. The number of hydrogen-bond donors (Lipinski definition) is 0. The van der Waals surface area contributed by atoms with Gasteiger partial charge in [-0.2, -0.15) is 4.52 Å². The molecule has 2 atom stereocenters.